The van der Waals surface area contributed by atoms with Gasteiger partial charge < -0.3 is 15.0 Å². The molecule has 3 aromatic rings. The number of ether oxygens (including phenoxy) is 1. The molecule has 0 radical (unpaired) electrons. The second-order valence-electron chi connectivity index (χ2n) is 7.84. The SMILES string of the molecule is CCC(c1nc2ccccc2c(=O)n1CCOC)N(CC)C(=O)Nc1c(C)cccc1C. The number of methoxy groups -OCH3 is 1. The van der Waals surface area contributed by atoms with Gasteiger partial charge in [-0.15, -0.1) is 0 Å². The molecule has 3 rings (SSSR count). The molecule has 0 saturated heterocycles. The van der Waals surface area contributed by atoms with Gasteiger partial charge in [-0.1, -0.05) is 37.3 Å². The van der Waals surface area contributed by atoms with Crippen LogP contribution in [0.1, 0.15) is 43.3 Å². The third-order valence-electron chi connectivity index (χ3n) is 5.79. The van der Waals surface area contributed by atoms with Crippen molar-refractivity contribution in [3.8, 4) is 0 Å². The van der Waals surface area contributed by atoms with Crippen molar-refractivity contribution >= 4 is 22.6 Å². The quantitative estimate of drug-likeness (QED) is 0.557. The van der Waals surface area contributed by atoms with E-state index in [0.717, 1.165) is 16.8 Å². The molecule has 2 amide bonds. The molecule has 0 spiro atoms. The largest absolute Gasteiger partial charge is 0.383 e. The zero-order valence-corrected chi connectivity index (χ0v) is 19.5. The first-order valence-electron chi connectivity index (χ1n) is 11.0. The van der Waals surface area contributed by atoms with Crippen molar-refractivity contribution in [2.45, 2.75) is 46.7 Å². The van der Waals surface area contributed by atoms with Gasteiger partial charge in [0.05, 0.1) is 30.1 Å². The summed E-state index contributed by atoms with van der Waals surface area (Å²) in [4.78, 5) is 33.2. The predicted octanol–water partition coefficient (Wildman–Crippen LogP) is 4.66. The lowest BCUT2D eigenvalue weighted by molar-refractivity contribution is 0.172. The summed E-state index contributed by atoms with van der Waals surface area (Å²) in [6.45, 7) is 9.11. The molecule has 7 nitrogen and oxygen atoms in total. The van der Waals surface area contributed by atoms with E-state index < -0.39 is 0 Å². The van der Waals surface area contributed by atoms with E-state index in [4.69, 9.17) is 9.72 Å². The number of amides is 2. The van der Waals surface area contributed by atoms with Gasteiger partial charge in [-0.3, -0.25) is 9.36 Å². The van der Waals surface area contributed by atoms with Gasteiger partial charge in [-0.05, 0) is 50.5 Å². The Morgan fingerprint density at radius 1 is 1.12 bits per heavy atom. The predicted molar refractivity (Wildman–Crippen MR) is 128 cm³/mol. The molecule has 1 N–H and O–H groups in total. The lowest BCUT2D eigenvalue weighted by atomic mass is 10.1. The third kappa shape index (κ3) is 4.67. The van der Waals surface area contributed by atoms with E-state index in [0.29, 0.717) is 42.8 Å². The van der Waals surface area contributed by atoms with Crippen molar-refractivity contribution in [2.75, 3.05) is 25.6 Å². The third-order valence-corrected chi connectivity index (χ3v) is 5.79. The Kier molecular flexibility index (Phi) is 7.64. The number of aryl methyl sites for hydroxylation is 2. The maximum Gasteiger partial charge on any atom is 0.322 e. The Labute approximate surface area is 189 Å². The van der Waals surface area contributed by atoms with E-state index in [9.17, 15) is 9.59 Å². The molecule has 0 aliphatic carbocycles. The number of carbonyl (C=O) groups excluding carboxylic acids is 1. The van der Waals surface area contributed by atoms with E-state index in [1.54, 1.807) is 22.6 Å². The minimum absolute atomic E-state index is 0.118. The maximum atomic E-state index is 13.4. The molecular formula is C25H32N4O3. The number of carbonyl (C=O) groups is 1. The number of nitrogens with zero attached hydrogens (tertiary/aromatic N) is 3. The zero-order chi connectivity index (χ0) is 23.3. The molecule has 1 unspecified atom stereocenters. The van der Waals surface area contributed by atoms with Crippen LogP contribution in [0.3, 0.4) is 0 Å². The number of para-hydroxylation sites is 2. The monoisotopic (exact) mass is 436 g/mol. The molecule has 170 valence electrons. The van der Waals surface area contributed by atoms with Gasteiger partial charge in [-0.2, -0.15) is 0 Å². The van der Waals surface area contributed by atoms with Crippen LogP contribution in [0.2, 0.25) is 0 Å². The molecule has 1 atom stereocenters. The number of fused-ring (bicyclic) bond motifs is 1. The summed E-state index contributed by atoms with van der Waals surface area (Å²) in [5.74, 6) is 0.576. The molecule has 0 aliphatic rings. The number of aromatic nitrogens is 2. The van der Waals surface area contributed by atoms with Crippen molar-refractivity contribution in [3.05, 3.63) is 69.8 Å². The Morgan fingerprint density at radius 2 is 1.81 bits per heavy atom. The van der Waals surface area contributed by atoms with Crippen molar-refractivity contribution < 1.29 is 9.53 Å². The van der Waals surface area contributed by atoms with Crippen LogP contribution >= 0.6 is 0 Å². The highest BCUT2D eigenvalue weighted by molar-refractivity contribution is 5.91. The summed E-state index contributed by atoms with van der Waals surface area (Å²) < 4.78 is 6.89. The van der Waals surface area contributed by atoms with Crippen LogP contribution in [-0.2, 0) is 11.3 Å². The average molecular weight is 437 g/mol. The number of hydrogen-bond donors (Lipinski definition) is 1. The highest BCUT2D eigenvalue weighted by atomic mass is 16.5. The van der Waals surface area contributed by atoms with E-state index in [1.807, 2.05) is 64.1 Å². The average Bonchev–Trinajstić information content (AvgIpc) is 2.79. The first-order chi connectivity index (χ1) is 15.4. The first-order valence-corrected chi connectivity index (χ1v) is 11.0. The molecule has 0 fully saturated rings. The minimum atomic E-state index is -0.363. The first kappa shape index (κ1) is 23.5. The molecule has 1 heterocycles. The van der Waals surface area contributed by atoms with Crippen molar-refractivity contribution in [1.29, 1.82) is 0 Å². The molecule has 0 aliphatic heterocycles. The van der Waals surface area contributed by atoms with Gasteiger partial charge >= 0.3 is 6.03 Å². The number of urea groups is 1. The molecule has 32 heavy (non-hydrogen) atoms. The lowest BCUT2D eigenvalue weighted by Gasteiger charge is -2.32. The van der Waals surface area contributed by atoms with Gasteiger partial charge in [0.15, 0.2) is 0 Å². The lowest BCUT2D eigenvalue weighted by Crippen LogP contribution is -2.41. The van der Waals surface area contributed by atoms with Crippen LogP contribution in [-0.4, -0.2) is 40.7 Å². The summed E-state index contributed by atoms with van der Waals surface area (Å²) in [7, 11) is 1.60. The Morgan fingerprint density at radius 3 is 2.44 bits per heavy atom. The molecule has 1 aromatic heterocycles. The van der Waals surface area contributed by atoms with Crippen LogP contribution < -0.4 is 10.9 Å². The highest BCUT2D eigenvalue weighted by Gasteiger charge is 2.28. The van der Waals surface area contributed by atoms with Gasteiger partial charge in [0.1, 0.15) is 5.82 Å². The summed E-state index contributed by atoms with van der Waals surface area (Å²) in [5, 5.41) is 3.64. The van der Waals surface area contributed by atoms with E-state index in [2.05, 4.69) is 5.32 Å². The Balaban J connectivity index is 2.06. The van der Waals surface area contributed by atoms with Crippen molar-refractivity contribution in [2.24, 2.45) is 0 Å². The van der Waals surface area contributed by atoms with E-state index in [-0.39, 0.29) is 17.6 Å². The molecule has 2 aromatic carbocycles. The maximum absolute atomic E-state index is 13.4. The summed E-state index contributed by atoms with van der Waals surface area (Å²) in [5.41, 5.74) is 3.33. The van der Waals surface area contributed by atoms with E-state index in [1.165, 1.54) is 0 Å². The van der Waals surface area contributed by atoms with Crippen LogP contribution in [0, 0.1) is 13.8 Å². The van der Waals surface area contributed by atoms with Gasteiger partial charge in [0, 0.05) is 19.3 Å². The topological polar surface area (TPSA) is 76.5 Å². The van der Waals surface area contributed by atoms with Gasteiger partial charge in [0.25, 0.3) is 5.56 Å². The standard InChI is InChI=1S/C25H32N4O3/c1-6-21(28(7-2)25(31)27-22-17(3)11-10-12-18(22)4)23-26-20-14-9-8-13-19(20)24(30)29(23)15-16-32-5/h8-14,21H,6-7,15-16H2,1-5H3,(H,27,31). The fourth-order valence-electron chi connectivity index (χ4n) is 4.08. The molecular weight excluding hydrogens is 404 g/mol. The Hall–Kier alpha value is -3.19. The smallest absolute Gasteiger partial charge is 0.322 e. The van der Waals surface area contributed by atoms with Crippen LogP contribution in [0.15, 0.2) is 47.3 Å². The normalized spacial score (nSPS) is 12.0. The fourth-order valence-corrected chi connectivity index (χ4v) is 4.08. The minimum Gasteiger partial charge on any atom is -0.383 e. The molecule has 0 saturated carbocycles. The van der Waals surface area contributed by atoms with E-state index >= 15 is 0 Å². The summed E-state index contributed by atoms with van der Waals surface area (Å²) in [6.07, 6.45) is 0.617. The van der Waals surface area contributed by atoms with Crippen LogP contribution in [0.5, 0.6) is 0 Å². The zero-order valence-electron chi connectivity index (χ0n) is 19.5. The molecule has 0 bridgehead atoms. The number of hydrogen-bond acceptors (Lipinski definition) is 4. The summed E-state index contributed by atoms with van der Waals surface area (Å²) in [6, 6.07) is 12.7. The van der Waals surface area contributed by atoms with Crippen molar-refractivity contribution in [3.63, 3.8) is 0 Å². The number of nitrogens with one attached hydrogen (secondary N) is 1. The molecule has 7 heteroatoms. The number of rotatable bonds is 8. The second kappa shape index (κ2) is 10.4. The summed E-state index contributed by atoms with van der Waals surface area (Å²) >= 11 is 0. The second-order valence-corrected chi connectivity index (χ2v) is 7.84. The van der Waals surface area contributed by atoms with Gasteiger partial charge in [-0.25, -0.2) is 9.78 Å². The van der Waals surface area contributed by atoms with Crippen molar-refractivity contribution in [1.82, 2.24) is 14.5 Å². The van der Waals surface area contributed by atoms with Crippen LogP contribution in [0.4, 0.5) is 10.5 Å². The highest BCUT2D eigenvalue weighted by Crippen LogP contribution is 2.26. The number of benzene rings is 2. The van der Waals surface area contributed by atoms with Gasteiger partial charge in [0.2, 0.25) is 0 Å². The van der Waals surface area contributed by atoms with Crippen LogP contribution in [0.25, 0.3) is 10.9 Å². The number of anilines is 1. The fraction of sp³-hybridized carbons (Fsp3) is 0.400. The Bertz CT molecular complexity index is 1140.